The Labute approximate surface area is 126 Å². The van der Waals surface area contributed by atoms with Gasteiger partial charge in [-0.1, -0.05) is 29.8 Å². The highest BCUT2D eigenvalue weighted by molar-refractivity contribution is 9.10. The largest absolute Gasteiger partial charge is 0.369 e. The summed E-state index contributed by atoms with van der Waals surface area (Å²) in [6, 6.07) is 13.3. The molecule has 0 aliphatic rings. The SMILES string of the molecule is CN(Cc1ccccc1Cl)c1ccc(C=O)cc1Br. The van der Waals surface area contributed by atoms with Gasteiger partial charge in [0.05, 0.1) is 5.69 Å². The number of hydrogen-bond acceptors (Lipinski definition) is 2. The Hall–Kier alpha value is -1.32. The molecule has 0 spiro atoms. The molecule has 0 bridgehead atoms. The number of halogens is 2. The van der Waals surface area contributed by atoms with Crippen LogP contribution in [0, 0.1) is 0 Å². The number of nitrogens with zero attached hydrogens (tertiary/aromatic N) is 1. The van der Waals surface area contributed by atoms with E-state index in [0.717, 1.165) is 27.0 Å². The van der Waals surface area contributed by atoms with Crippen molar-refractivity contribution in [1.29, 1.82) is 0 Å². The maximum Gasteiger partial charge on any atom is 0.150 e. The summed E-state index contributed by atoms with van der Waals surface area (Å²) >= 11 is 9.65. The normalized spacial score (nSPS) is 10.3. The summed E-state index contributed by atoms with van der Waals surface area (Å²) < 4.78 is 0.895. The van der Waals surface area contributed by atoms with E-state index in [0.29, 0.717) is 12.1 Å². The van der Waals surface area contributed by atoms with Crippen LogP contribution in [0.25, 0.3) is 0 Å². The van der Waals surface area contributed by atoms with Crippen LogP contribution in [0.1, 0.15) is 15.9 Å². The van der Waals surface area contributed by atoms with Gasteiger partial charge in [0.1, 0.15) is 6.29 Å². The van der Waals surface area contributed by atoms with Gasteiger partial charge in [0, 0.05) is 28.7 Å². The molecule has 0 aliphatic heterocycles. The number of carbonyl (C=O) groups is 1. The van der Waals surface area contributed by atoms with E-state index in [9.17, 15) is 4.79 Å². The Balaban J connectivity index is 2.23. The highest BCUT2D eigenvalue weighted by Crippen LogP contribution is 2.28. The van der Waals surface area contributed by atoms with Crippen molar-refractivity contribution in [2.75, 3.05) is 11.9 Å². The maximum absolute atomic E-state index is 10.7. The molecule has 0 fully saturated rings. The molecular formula is C15H13BrClNO. The van der Waals surface area contributed by atoms with Crippen molar-refractivity contribution in [1.82, 2.24) is 0 Å². The van der Waals surface area contributed by atoms with E-state index in [1.54, 1.807) is 6.07 Å². The summed E-state index contributed by atoms with van der Waals surface area (Å²) in [6.45, 7) is 0.707. The van der Waals surface area contributed by atoms with E-state index in [-0.39, 0.29) is 0 Å². The van der Waals surface area contributed by atoms with E-state index in [2.05, 4.69) is 20.8 Å². The molecule has 0 aromatic heterocycles. The number of rotatable bonds is 4. The minimum atomic E-state index is 0.654. The second-order valence-corrected chi connectivity index (χ2v) is 5.54. The quantitative estimate of drug-likeness (QED) is 0.762. The summed E-state index contributed by atoms with van der Waals surface area (Å²) in [5.41, 5.74) is 2.74. The summed E-state index contributed by atoms with van der Waals surface area (Å²) in [5, 5.41) is 0.759. The smallest absolute Gasteiger partial charge is 0.150 e. The van der Waals surface area contributed by atoms with E-state index in [1.165, 1.54) is 0 Å². The molecule has 0 saturated carbocycles. The number of hydrogen-bond donors (Lipinski definition) is 0. The van der Waals surface area contributed by atoms with Crippen molar-refractivity contribution in [3.8, 4) is 0 Å². The third kappa shape index (κ3) is 3.37. The van der Waals surface area contributed by atoms with Crippen molar-refractivity contribution in [2.24, 2.45) is 0 Å². The van der Waals surface area contributed by atoms with Gasteiger partial charge in [-0.3, -0.25) is 4.79 Å². The summed E-state index contributed by atoms with van der Waals surface area (Å²) in [5.74, 6) is 0. The Morgan fingerprint density at radius 2 is 2.00 bits per heavy atom. The number of aldehydes is 1. The van der Waals surface area contributed by atoms with Crippen LogP contribution >= 0.6 is 27.5 Å². The van der Waals surface area contributed by atoms with Crippen LogP contribution < -0.4 is 4.90 Å². The number of carbonyl (C=O) groups excluding carboxylic acids is 1. The fraction of sp³-hybridized carbons (Fsp3) is 0.133. The van der Waals surface area contributed by atoms with E-state index < -0.39 is 0 Å². The third-order valence-corrected chi connectivity index (χ3v) is 3.89. The second kappa shape index (κ2) is 6.22. The lowest BCUT2D eigenvalue weighted by Crippen LogP contribution is -2.17. The third-order valence-electron chi connectivity index (χ3n) is 2.88. The van der Waals surface area contributed by atoms with Gasteiger partial charge >= 0.3 is 0 Å². The van der Waals surface area contributed by atoms with Crippen molar-refractivity contribution >= 4 is 39.5 Å². The van der Waals surface area contributed by atoms with Crippen molar-refractivity contribution in [3.63, 3.8) is 0 Å². The highest BCUT2D eigenvalue weighted by atomic mass is 79.9. The first-order chi connectivity index (χ1) is 9.11. The van der Waals surface area contributed by atoms with Crippen LogP contribution in [0.15, 0.2) is 46.9 Å². The molecule has 2 rings (SSSR count). The molecule has 98 valence electrons. The molecule has 0 N–H and O–H groups in total. The zero-order valence-corrected chi connectivity index (χ0v) is 12.8. The first-order valence-corrected chi connectivity index (χ1v) is 6.98. The molecule has 0 heterocycles. The van der Waals surface area contributed by atoms with Gasteiger partial charge in [-0.15, -0.1) is 0 Å². The molecule has 0 saturated heterocycles. The lowest BCUT2D eigenvalue weighted by Gasteiger charge is -2.21. The van der Waals surface area contributed by atoms with Gasteiger partial charge in [0.25, 0.3) is 0 Å². The van der Waals surface area contributed by atoms with Crippen LogP contribution in [-0.2, 0) is 6.54 Å². The average molecular weight is 339 g/mol. The topological polar surface area (TPSA) is 20.3 Å². The van der Waals surface area contributed by atoms with Gasteiger partial charge in [0.15, 0.2) is 0 Å². The van der Waals surface area contributed by atoms with Crippen molar-refractivity contribution < 1.29 is 4.79 Å². The van der Waals surface area contributed by atoms with Gasteiger partial charge in [-0.2, -0.15) is 0 Å². The zero-order chi connectivity index (χ0) is 13.8. The lowest BCUT2D eigenvalue weighted by molar-refractivity contribution is 0.112. The van der Waals surface area contributed by atoms with Crippen LogP contribution in [0.5, 0.6) is 0 Å². The molecular weight excluding hydrogens is 326 g/mol. The van der Waals surface area contributed by atoms with Gasteiger partial charge in [0.2, 0.25) is 0 Å². The van der Waals surface area contributed by atoms with Crippen molar-refractivity contribution in [3.05, 3.63) is 63.1 Å². The van der Waals surface area contributed by atoms with Crippen LogP contribution in [0.4, 0.5) is 5.69 Å². The Bertz CT molecular complexity index is 600. The van der Waals surface area contributed by atoms with E-state index in [4.69, 9.17) is 11.6 Å². The first kappa shape index (κ1) is 14.1. The molecule has 0 radical (unpaired) electrons. The number of anilines is 1. The Kier molecular flexibility index (Phi) is 4.61. The molecule has 0 aliphatic carbocycles. The predicted octanol–water partition coefficient (Wildman–Crippen LogP) is 4.55. The lowest BCUT2D eigenvalue weighted by atomic mass is 10.2. The van der Waals surface area contributed by atoms with E-state index in [1.807, 2.05) is 43.4 Å². The van der Waals surface area contributed by atoms with Gasteiger partial charge < -0.3 is 4.90 Å². The van der Waals surface area contributed by atoms with E-state index >= 15 is 0 Å². The highest BCUT2D eigenvalue weighted by Gasteiger charge is 2.08. The average Bonchev–Trinajstić information content (AvgIpc) is 2.41. The van der Waals surface area contributed by atoms with Crippen LogP contribution in [0.2, 0.25) is 5.02 Å². The Morgan fingerprint density at radius 1 is 1.26 bits per heavy atom. The maximum atomic E-state index is 10.7. The summed E-state index contributed by atoms with van der Waals surface area (Å²) in [7, 11) is 1.99. The molecule has 4 heteroatoms. The fourth-order valence-electron chi connectivity index (χ4n) is 1.87. The van der Waals surface area contributed by atoms with Crippen LogP contribution in [-0.4, -0.2) is 13.3 Å². The molecule has 2 aromatic rings. The fourth-order valence-corrected chi connectivity index (χ4v) is 2.77. The van der Waals surface area contributed by atoms with Gasteiger partial charge in [-0.05, 0) is 45.8 Å². The predicted molar refractivity (Wildman–Crippen MR) is 83.1 cm³/mol. The minimum absolute atomic E-state index is 0.654. The zero-order valence-electron chi connectivity index (χ0n) is 10.4. The standard InChI is InChI=1S/C15H13BrClNO/c1-18(9-12-4-2-3-5-14(12)17)15-7-6-11(10-19)8-13(15)16/h2-8,10H,9H2,1H3. The molecule has 0 amide bonds. The molecule has 19 heavy (non-hydrogen) atoms. The molecule has 2 nitrogen and oxygen atoms in total. The van der Waals surface area contributed by atoms with Crippen LogP contribution in [0.3, 0.4) is 0 Å². The Morgan fingerprint density at radius 3 is 2.63 bits per heavy atom. The minimum Gasteiger partial charge on any atom is -0.369 e. The number of benzene rings is 2. The summed E-state index contributed by atoms with van der Waals surface area (Å²) in [4.78, 5) is 12.8. The molecule has 0 unspecified atom stereocenters. The monoisotopic (exact) mass is 337 g/mol. The molecule has 0 atom stereocenters. The van der Waals surface area contributed by atoms with Crippen molar-refractivity contribution in [2.45, 2.75) is 6.54 Å². The second-order valence-electron chi connectivity index (χ2n) is 4.28. The molecule has 2 aromatic carbocycles. The first-order valence-electron chi connectivity index (χ1n) is 5.81. The van der Waals surface area contributed by atoms with Gasteiger partial charge in [-0.25, -0.2) is 0 Å². The summed E-state index contributed by atoms with van der Waals surface area (Å²) in [6.07, 6.45) is 0.836.